The topological polar surface area (TPSA) is 33.5 Å². The average Bonchev–Trinajstić information content (AvgIpc) is 3.24. The predicted octanol–water partition coefficient (Wildman–Crippen LogP) is 1.31. The lowest BCUT2D eigenvalue weighted by atomic mass is 9.91. The number of rotatable bonds is 4. The number of piperidine rings is 1. The fourth-order valence-electron chi connectivity index (χ4n) is 4.74. The van der Waals surface area contributed by atoms with Gasteiger partial charge in [-0.25, -0.2) is 0 Å². The van der Waals surface area contributed by atoms with Crippen molar-refractivity contribution in [3.8, 4) is 0 Å². The van der Waals surface area contributed by atoms with Crippen LogP contribution < -0.4 is 0 Å². The number of aromatic nitrogens is 2. The van der Waals surface area contributed by atoms with Gasteiger partial charge in [-0.05, 0) is 50.8 Å². The first-order valence-electron chi connectivity index (χ1n) is 8.79. The molecule has 0 spiro atoms. The molecule has 0 saturated carbocycles. The van der Waals surface area contributed by atoms with E-state index in [0.29, 0.717) is 6.04 Å². The number of nitrogens with zero attached hydrogens (tertiary/aromatic N) is 4. The van der Waals surface area contributed by atoms with E-state index in [1.54, 1.807) is 0 Å². The second kappa shape index (κ2) is 6.30. The smallest absolute Gasteiger partial charge is 0.0565 e. The molecule has 0 amide bonds. The van der Waals surface area contributed by atoms with Gasteiger partial charge in [-0.3, -0.25) is 9.58 Å². The van der Waals surface area contributed by atoms with Gasteiger partial charge in [0.25, 0.3) is 0 Å². The Morgan fingerprint density at radius 2 is 2.23 bits per heavy atom. The van der Waals surface area contributed by atoms with Crippen molar-refractivity contribution in [2.75, 3.05) is 39.9 Å². The molecular weight excluding hydrogens is 276 g/mol. The van der Waals surface area contributed by atoms with E-state index in [4.69, 9.17) is 4.74 Å². The Morgan fingerprint density at radius 1 is 1.27 bits per heavy atom. The summed E-state index contributed by atoms with van der Waals surface area (Å²) in [6, 6.07) is 3.44. The van der Waals surface area contributed by atoms with Gasteiger partial charge in [-0.1, -0.05) is 0 Å². The van der Waals surface area contributed by atoms with Gasteiger partial charge >= 0.3 is 0 Å². The predicted molar refractivity (Wildman–Crippen MR) is 85.7 cm³/mol. The van der Waals surface area contributed by atoms with Crippen LogP contribution in [0.15, 0.2) is 18.5 Å². The molecule has 122 valence electrons. The number of likely N-dealkylation sites (N-methyl/N-ethyl adjacent to an activating group) is 1. The van der Waals surface area contributed by atoms with Crippen LogP contribution in [0.5, 0.6) is 0 Å². The van der Waals surface area contributed by atoms with Gasteiger partial charge in [0.1, 0.15) is 0 Å². The molecule has 4 heterocycles. The highest BCUT2D eigenvalue weighted by molar-refractivity contribution is 4.97. The van der Waals surface area contributed by atoms with Crippen molar-refractivity contribution in [3.63, 3.8) is 0 Å². The molecule has 3 fully saturated rings. The van der Waals surface area contributed by atoms with Crippen molar-refractivity contribution in [2.24, 2.45) is 11.8 Å². The Kier molecular flexibility index (Phi) is 4.20. The van der Waals surface area contributed by atoms with Crippen LogP contribution in [0.1, 0.15) is 19.3 Å². The summed E-state index contributed by atoms with van der Waals surface area (Å²) in [5, 5.41) is 4.38. The molecule has 5 nitrogen and oxygen atoms in total. The van der Waals surface area contributed by atoms with Crippen molar-refractivity contribution < 1.29 is 4.74 Å². The van der Waals surface area contributed by atoms with Crippen molar-refractivity contribution in [1.82, 2.24) is 19.6 Å². The van der Waals surface area contributed by atoms with Crippen molar-refractivity contribution in [2.45, 2.75) is 37.9 Å². The second-order valence-corrected chi connectivity index (χ2v) is 7.39. The Labute approximate surface area is 133 Å². The monoisotopic (exact) mass is 304 g/mol. The summed E-state index contributed by atoms with van der Waals surface area (Å²) in [5.74, 6) is 1.61. The summed E-state index contributed by atoms with van der Waals surface area (Å²) >= 11 is 0. The van der Waals surface area contributed by atoms with Gasteiger partial charge in [0, 0.05) is 44.2 Å². The normalized spacial score (nSPS) is 36.8. The van der Waals surface area contributed by atoms with E-state index in [0.717, 1.165) is 37.6 Å². The van der Waals surface area contributed by atoms with Crippen LogP contribution >= 0.6 is 0 Å². The third-order valence-electron chi connectivity index (χ3n) is 5.95. The maximum atomic E-state index is 5.53. The second-order valence-electron chi connectivity index (χ2n) is 7.39. The van der Waals surface area contributed by atoms with Crippen LogP contribution in [-0.2, 0) is 11.3 Å². The Hall–Kier alpha value is -0.910. The third kappa shape index (κ3) is 2.94. The first-order valence-corrected chi connectivity index (χ1v) is 8.79. The third-order valence-corrected chi connectivity index (χ3v) is 5.95. The molecule has 4 atom stereocenters. The van der Waals surface area contributed by atoms with Gasteiger partial charge in [0.15, 0.2) is 0 Å². The number of ether oxygens (including phenoxy) is 1. The zero-order valence-corrected chi connectivity index (χ0v) is 13.6. The van der Waals surface area contributed by atoms with E-state index in [2.05, 4.69) is 32.8 Å². The van der Waals surface area contributed by atoms with Gasteiger partial charge in [0.05, 0.1) is 13.2 Å². The van der Waals surface area contributed by atoms with Crippen LogP contribution in [0.4, 0.5) is 0 Å². The summed E-state index contributed by atoms with van der Waals surface area (Å²) < 4.78 is 7.62. The molecule has 4 unspecified atom stereocenters. The summed E-state index contributed by atoms with van der Waals surface area (Å²) in [4.78, 5) is 5.33. The van der Waals surface area contributed by atoms with Crippen LogP contribution in [-0.4, -0.2) is 71.6 Å². The summed E-state index contributed by atoms with van der Waals surface area (Å²) in [5.41, 5.74) is 0. The summed E-state index contributed by atoms with van der Waals surface area (Å²) in [6.07, 6.45) is 7.87. The van der Waals surface area contributed by atoms with E-state index >= 15 is 0 Å². The molecule has 0 radical (unpaired) electrons. The minimum absolute atomic E-state index is 0.643. The van der Waals surface area contributed by atoms with Crippen LogP contribution in [0, 0.1) is 11.8 Å². The fraction of sp³-hybridized carbons (Fsp3) is 0.824. The first-order chi connectivity index (χ1) is 10.8. The molecule has 0 aromatic carbocycles. The van der Waals surface area contributed by atoms with E-state index in [1.807, 2.05) is 12.3 Å². The number of hydrogen-bond acceptors (Lipinski definition) is 4. The quantitative estimate of drug-likeness (QED) is 0.840. The minimum Gasteiger partial charge on any atom is -0.381 e. The SMILES string of the molecule is CN1C(Cn2cccn2)CC2CN(CC3CCOC3)CCC21. The van der Waals surface area contributed by atoms with E-state index in [1.165, 1.54) is 38.9 Å². The minimum atomic E-state index is 0.643. The van der Waals surface area contributed by atoms with Crippen LogP contribution in [0.25, 0.3) is 0 Å². The van der Waals surface area contributed by atoms with Crippen molar-refractivity contribution in [3.05, 3.63) is 18.5 Å². The first kappa shape index (κ1) is 14.7. The van der Waals surface area contributed by atoms with Gasteiger partial charge < -0.3 is 9.64 Å². The summed E-state index contributed by atoms with van der Waals surface area (Å²) in [7, 11) is 2.32. The Morgan fingerprint density at radius 3 is 3.00 bits per heavy atom. The molecule has 22 heavy (non-hydrogen) atoms. The van der Waals surface area contributed by atoms with Gasteiger partial charge in [0.2, 0.25) is 0 Å². The number of fused-ring (bicyclic) bond motifs is 1. The lowest BCUT2D eigenvalue weighted by Gasteiger charge is -2.38. The van der Waals surface area contributed by atoms with Crippen LogP contribution in [0.2, 0.25) is 0 Å². The molecule has 4 rings (SSSR count). The number of likely N-dealkylation sites (tertiary alicyclic amines) is 2. The molecular formula is C17H28N4O. The highest BCUT2D eigenvalue weighted by Gasteiger charge is 2.42. The Bertz CT molecular complexity index is 471. The fourth-order valence-corrected chi connectivity index (χ4v) is 4.74. The lowest BCUT2D eigenvalue weighted by Crippen LogP contribution is -2.47. The highest BCUT2D eigenvalue weighted by atomic mass is 16.5. The molecule has 3 aliphatic heterocycles. The lowest BCUT2D eigenvalue weighted by molar-refractivity contribution is 0.0974. The Balaban J connectivity index is 1.34. The molecule has 1 aromatic heterocycles. The molecule has 3 aliphatic rings. The molecule has 0 N–H and O–H groups in total. The molecule has 3 saturated heterocycles. The van der Waals surface area contributed by atoms with E-state index < -0.39 is 0 Å². The van der Waals surface area contributed by atoms with Crippen LogP contribution in [0.3, 0.4) is 0 Å². The number of hydrogen-bond donors (Lipinski definition) is 0. The zero-order valence-electron chi connectivity index (χ0n) is 13.6. The van der Waals surface area contributed by atoms with E-state index in [9.17, 15) is 0 Å². The van der Waals surface area contributed by atoms with Gasteiger partial charge in [-0.15, -0.1) is 0 Å². The standard InChI is InChI=1S/C17H28N4O/c1-19-16(12-21-6-2-5-18-21)9-15-11-20(7-3-17(15)19)10-14-4-8-22-13-14/h2,5-6,14-17H,3-4,7-13H2,1H3. The summed E-state index contributed by atoms with van der Waals surface area (Å²) in [6.45, 7) is 6.77. The highest BCUT2D eigenvalue weighted by Crippen LogP contribution is 2.35. The van der Waals surface area contributed by atoms with E-state index in [-0.39, 0.29) is 0 Å². The zero-order chi connectivity index (χ0) is 14.9. The molecule has 5 heteroatoms. The molecule has 1 aromatic rings. The molecule has 0 aliphatic carbocycles. The molecule has 0 bridgehead atoms. The van der Waals surface area contributed by atoms with Gasteiger partial charge in [-0.2, -0.15) is 5.10 Å². The maximum Gasteiger partial charge on any atom is 0.0565 e. The maximum absolute atomic E-state index is 5.53. The van der Waals surface area contributed by atoms with Crippen molar-refractivity contribution in [1.29, 1.82) is 0 Å². The largest absolute Gasteiger partial charge is 0.381 e. The van der Waals surface area contributed by atoms with Crippen molar-refractivity contribution >= 4 is 0 Å². The average molecular weight is 304 g/mol.